The molecule has 0 unspecified atom stereocenters. The Morgan fingerprint density at radius 1 is 1.18 bits per heavy atom. The average Bonchev–Trinajstić information content (AvgIpc) is 2.35. The summed E-state index contributed by atoms with van der Waals surface area (Å²) in [5, 5.41) is 3.56. The summed E-state index contributed by atoms with van der Waals surface area (Å²) >= 11 is 0. The molecule has 0 amide bonds. The van der Waals surface area contributed by atoms with Crippen molar-refractivity contribution in [3.63, 3.8) is 0 Å². The fourth-order valence-corrected chi connectivity index (χ4v) is 1.79. The summed E-state index contributed by atoms with van der Waals surface area (Å²) in [6.45, 7) is 9.43. The number of anilines is 1. The average molecular weight is 235 g/mol. The lowest BCUT2D eigenvalue weighted by Gasteiger charge is -2.19. The molecule has 96 valence electrons. The van der Waals surface area contributed by atoms with E-state index in [-0.39, 0.29) is 0 Å². The maximum absolute atomic E-state index is 5.79. The summed E-state index contributed by atoms with van der Waals surface area (Å²) < 4.78 is 5.79. The number of hydrogen-bond donors (Lipinski definition) is 1. The van der Waals surface area contributed by atoms with Gasteiger partial charge in [0.05, 0.1) is 12.3 Å². The van der Waals surface area contributed by atoms with Crippen LogP contribution in [0.3, 0.4) is 0 Å². The molecule has 1 aromatic rings. The van der Waals surface area contributed by atoms with Gasteiger partial charge in [0.1, 0.15) is 5.75 Å². The van der Waals surface area contributed by atoms with E-state index in [1.807, 2.05) is 0 Å². The summed E-state index contributed by atoms with van der Waals surface area (Å²) in [5.74, 6) is 0.985. The van der Waals surface area contributed by atoms with Crippen LogP contribution >= 0.6 is 0 Å². The second-order valence-corrected chi connectivity index (χ2v) is 4.51. The van der Waals surface area contributed by atoms with Crippen LogP contribution in [0.2, 0.25) is 0 Å². The summed E-state index contributed by atoms with van der Waals surface area (Å²) in [7, 11) is 0. The molecule has 0 bridgehead atoms. The number of aryl methyl sites for hydroxylation is 1. The SMILES string of the molecule is CCCOc1cc(C)ccc1NC(CC)CC. The van der Waals surface area contributed by atoms with Crippen LogP contribution in [-0.4, -0.2) is 12.6 Å². The van der Waals surface area contributed by atoms with E-state index < -0.39 is 0 Å². The van der Waals surface area contributed by atoms with Crippen molar-refractivity contribution >= 4 is 5.69 Å². The maximum Gasteiger partial charge on any atom is 0.142 e. The third-order valence-electron chi connectivity index (χ3n) is 2.94. The number of benzene rings is 1. The van der Waals surface area contributed by atoms with Crippen LogP contribution in [0.5, 0.6) is 5.75 Å². The Hall–Kier alpha value is -1.18. The molecule has 0 aliphatic rings. The van der Waals surface area contributed by atoms with Gasteiger partial charge in [-0.2, -0.15) is 0 Å². The third-order valence-corrected chi connectivity index (χ3v) is 2.94. The van der Waals surface area contributed by atoms with Gasteiger partial charge in [-0.1, -0.05) is 26.8 Å². The third kappa shape index (κ3) is 4.29. The van der Waals surface area contributed by atoms with Crippen molar-refractivity contribution < 1.29 is 4.74 Å². The first-order valence-corrected chi connectivity index (χ1v) is 6.71. The highest BCUT2D eigenvalue weighted by molar-refractivity contribution is 5.58. The molecule has 2 nitrogen and oxygen atoms in total. The Morgan fingerprint density at radius 2 is 1.88 bits per heavy atom. The molecule has 0 aliphatic carbocycles. The van der Waals surface area contributed by atoms with Crippen LogP contribution in [0.1, 0.15) is 45.6 Å². The molecule has 1 N–H and O–H groups in total. The van der Waals surface area contributed by atoms with E-state index in [2.05, 4.69) is 51.2 Å². The first-order chi connectivity index (χ1) is 8.21. The van der Waals surface area contributed by atoms with E-state index in [0.29, 0.717) is 6.04 Å². The van der Waals surface area contributed by atoms with Crippen LogP contribution in [0.15, 0.2) is 18.2 Å². The van der Waals surface area contributed by atoms with E-state index in [0.717, 1.165) is 37.3 Å². The lowest BCUT2D eigenvalue weighted by atomic mass is 10.1. The topological polar surface area (TPSA) is 21.3 Å². The number of ether oxygens (including phenoxy) is 1. The van der Waals surface area contributed by atoms with Crippen molar-refractivity contribution in [2.75, 3.05) is 11.9 Å². The Bertz CT molecular complexity index is 332. The molecule has 0 heterocycles. The highest BCUT2D eigenvalue weighted by Gasteiger charge is 2.08. The van der Waals surface area contributed by atoms with E-state index in [1.165, 1.54) is 5.56 Å². The normalized spacial score (nSPS) is 10.6. The molecule has 1 aromatic carbocycles. The molecule has 0 atom stereocenters. The molecule has 0 spiro atoms. The molecule has 0 radical (unpaired) electrons. The molecule has 0 saturated heterocycles. The minimum atomic E-state index is 0.529. The monoisotopic (exact) mass is 235 g/mol. The molecule has 2 heteroatoms. The minimum absolute atomic E-state index is 0.529. The Morgan fingerprint density at radius 3 is 2.47 bits per heavy atom. The van der Waals surface area contributed by atoms with Crippen molar-refractivity contribution in [3.05, 3.63) is 23.8 Å². The van der Waals surface area contributed by atoms with Crippen molar-refractivity contribution in [3.8, 4) is 5.75 Å². The zero-order valence-electron chi connectivity index (χ0n) is 11.5. The first-order valence-electron chi connectivity index (χ1n) is 6.71. The highest BCUT2D eigenvalue weighted by Crippen LogP contribution is 2.27. The predicted molar refractivity (Wildman–Crippen MR) is 75.0 cm³/mol. The van der Waals surface area contributed by atoms with Crippen molar-refractivity contribution in [2.45, 2.75) is 53.0 Å². The van der Waals surface area contributed by atoms with Crippen molar-refractivity contribution in [1.82, 2.24) is 0 Å². The van der Waals surface area contributed by atoms with Gasteiger partial charge < -0.3 is 10.1 Å². The van der Waals surface area contributed by atoms with Crippen LogP contribution < -0.4 is 10.1 Å². The van der Waals surface area contributed by atoms with E-state index in [1.54, 1.807) is 0 Å². The Labute approximate surface area is 105 Å². The summed E-state index contributed by atoms with van der Waals surface area (Å²) in [4.78, 5) is 0. The van der Waals surface area contributed by atoms with Gasteiger partial charge in [-0.15, -0.1) is 0 Å². The molecule has 17 heavy (non-hydrogen) atoms. The largest absolute Gasteiger partial charge is 0.491 e. The lowest BCUT2D eigenvalue weighted by molar-refractivity contribution is 0.318. The molecule has 0 aromatic heterocycles. The Kier molecular flexibility index (Phi) is 5.88. The van der Waals surface area contributed by atoms with E-state index >= 15 is 0 Å². The zero-order valence-corrected chi connectivity index (χ0v) is 11.5. The minimum Gasteiger partial charge on any atom is -0.491 e. The molecular formula is C15H25NO. The molecule has 0 aliphatic heterocycles. The van der Waals surface area contributed by atoms with Gasteiger partial charge in [-0.25, -0.2) is 0 Å². The highest BCUT2D eigenvalue weighted by atomic mass is 16.5. The second-order valence-electron chi connectivity index (χ2n) is 4.51. The molecular weight excluding hydrogens is 210 g/mol. The fourth-order valence-electron chi connectivity index (χ4n) is 1.79. The molecule has 0 fully saturated rings. The fraction of sp³-hybridized carbons (Fsp3) is 0.600. The van der Waals surface area contributed by atoms with Gasteiger partial charge in [0, 0.05) is 6.04 Å². The smallest absolute Gasteiger partial charge is 0.142 e. The van der Waals surface area contributed by atoms with Gasteiger partial charge in [-0.3, -0.25) is 0 Å². The lowest BCUT2D eigenvalue weighted by Crippen LogP contribution is -2.17. The first kappa shape index (κ1) is 13.9. The quantitative estimate of drug-likeness (QED) is 0.757. The van der Waals surface area contributed by atoms with Crippen LogP contribution in [-0.2, 0) is 0 Å². The van der Waals surface area contributed by atoms with Gasteiger partial charge in [0.2, 0.25) is 0 Å². The van der Waals surface area contributed by atoms with E-state index in [4.69, 9.17) is 4.74 Å². The number of hydrogen-bond acceptors (Lipinski definition) is 2. The van der Waals surface area contributed by atoms with E-state index in [9.17, 15) is 0 Å². The van der Waals surface area contributed by atoms with Crippen LogP contribution in [0.4, 0.5) is 5.69 Å². The molecule has 1 rings (SSSR count). The summed E-state index contributed by atoms with van der Waals surface area (Å²) in [6.07, 6.45) is 3.31. The predicted octanol–water partition coefficient (Wildman–Crippen LogP) is 4.38. The summed E-state index contributed by atoms with van der Waals surface area (Å²) in [5.41, 5.74) is 2.36. The van der Waals surface area contributed by atoms with Gasteiger partial charge in [-0.05, 0) is 43.9 Å². The number of nitrogens with one attached hydrogen (secondary N) is 1. The second kappa shape index (κ2) is 7.21. The Balaban J connectivity index is 2.81. The standard InChI is InChI=1S/C15H25NO/c1-5-10-17-15-11-12(4)8-9-14(15)16-13(6-2)7-3/h8-9,11,13,16H,5-7,10H2,1-4H3. The van der Waals surface area contributed by atoms with Crippen molar-refractivity contribution in [1.29, 1.82) is 0 Å². The number of rotatable bonds is 7. The van der Waals surface area contributed by atoms with Crippen LogP contribution in [0.25, 0.3) is 0 Å². The zero-order chi connectivity index (χ0) is 12.7. The molecule has 0 saturated carbocycles. The maximum atomic E-state index is 5.79. The van der Waals surface area contributed by atoms with Gasteiger partial charge >= 0.3 is 0 Å². The van der Waals surface area contributed by atoms with Gasteiger partial charge in [0.15, 0.2) is 0 Å². The van der Waals surface area contributed by atoms with Crippen LogP contribution in [0, 0.1) is 6.92 Å². The van der Waals surface area contributed by atoms with Gasteiger partial charge in [0.25, 0.3) is 0 Å². The summed E-state index contributed by atoms with van der Waals surface area (Å²) in [6, 6.07) is 6.89. The van der Waals surface area contributed by atoms with Crippen molar-refractivity contribution in [2.24, 2.45) is 0 Å².